The first kappa shape index (κ1) is 10.1. The summed E-state index contributed by atoms with van der Waals surface area (Å²) in [4.78, 5) is 0. The highest BCUT2D eigenvalue weighted by Crippen LogP contribution is 2.58. The van der Waals surface area contributed by atoms with Crippen molar-refractivity contribution in [2.45, 2.75) is 56.6 Å². The van der Waals surface area contributed by atoms with E-state index in [0.29, 0.717) is 5.54 Å². The molecular weight excluding hydrogens is 186 g/mol. The summed E-state index contributed by atoms with van der Waals surface area (Å²) in [5.41, 5.74) is 0.682. The van der Waals surface area contributed by atoms with Crippen molar-refractivity contribution in [3.05, 3.63) is 0 Å². The minimum absolute atomic E-state index is 0.252. The van der Waals surface area contributed by atoms with Crippen molar-refractivity contribution in [2.24, 2.45) is 11.8 Å². The number of hydrogen-bond acceptors (Lipinski definition) is 2. The summed E-state index contributed by atoms with van der Waals surface area (Å²) >= 11 is 0. The zero-order valence-electron chi connectivity index (χ0n) is 10.0. The summed E-state index contributed by atoms with van der Waals surface area (Å²) in [6.07, 6.45) is 8.20. The molecule has 4 aliphatic carbocycles. The van der Waals surface area contributed by atoms with E-state index in [1.165, 1.54) is 38.5 Å². The number of hydrogen-bond donors (Lipinski definition) is 1. The summed E-state index contributed by atoms with van der Waals surface area (Å²) in [6, 6.07) is 0. The molecule has 15 heavy (non-hydrogen) atoms. The van der Waals surface area contributed by atoms with Crippen LogP contribution in [0.25, 0.3) is 0 Å². The van der Waals surface area contributed by atoms with Gasteiger partial charge >= 0.3 is 0 Å². The molecule has 2 atom stereocenters. The number of nitrogens with one attached hydrogen (secondary N) is 1. The van der Waals surface area contributed by atoms with Crippen molar-refractivity contribution >= 4 is 0 Å². The molecule has 4 saturated carbocycles. The standard InChI is InChI=1S/C13H23NO/c1-3-15-13-7-10-4-11(8-13)6-12(5-10,9-13)14-2/h10-11,14H,3-9H2,1-2H3. The van der Waals surface area contributed by atoms with Crippen LogP contribution in [0.5, 0.6) is 0 Å². The van der Waals surface area contributed by atoms with Crippen LogP contribution in [-0.4, -0.2) is 24.8 Å². The Kier molecular flexibility index (Phi) is 2.16. The fourth-order valence-corrected chi connectivity index (χ4v) is 4.95. The molecule has 4 aliphatic rings. The van der Waals surface area contributed by atoms with Gasteiger partial charge in [-0.25, -0.2) is 0 Å². The Hall–Kier alpha value is -0.0800. The van der Waals surface area contributed by atoms with Crippen molar-refractivity contribution in [1.82, 2.24) is 5.32 Å². The first-order valence-corrected chi connectivity index (χ1v) is 6.52. The van der Waals surface area contributed by atoms with E-state index < -0.39 is 0 Å². The summed E-state index contributed by atoms with van der Waals surface area (Å²) in [5, 5.41) is 3.61. The number of rotatable bonds is 3. The topological polar surface area (TPSA) is 21.3 Å². The van der Waals surface area contributed by atoms with Gasteiger partial charge in [-0.1, -0.05) is 0 Å². The maximum atomic E-state index is 6.13. The van der Waals surface area contributed by atoms with Gasteiger partial charge in [-0.05, 0) is 64.3 Å². The molecule has 0 radical (unpaired) electrons. The quantitative estimate of drug-likeness (QED) is 0.770. The normalized spacial score (nSPS) is 52.4. The van der Waals surface area contributed by atoms with Gasteiger partial charge in [0.05, 0.1) is 5.60 Å². The molecule has 1 N–H and O–H groups in total. The predicted octanol–water partition coefficient (Wildman–Crippen LogP) is 2.33. The molecular formula is C13H23NO. The highest BCUT2D eigenvalue weighted by atomic mass is 16.5. The molecule has 0 saturated heterocycles. The van der Waals surface area contributed by atoms with Gasteiger partial charge < -0.3 is 10.1 Å². The van der Waals surface area contributed by atoms with Crippen molar-refractivity contribution in [2.75, 3.05) is 13.7 Å². The highest BCUT2D eigenvalue weighted by molar-refractivity contribution is 5.12. The van der Waals surface area contributed by atoms with Gasteiger partial charge in [0.1, 0.15) is 0 Å². The van der Waals surface area contributed by atoms with Crippen molar-refractivity contribution in [1.29, 1.82) is 0 Å². The minimum Gasteiger partial charge on any atom is -0.375 e. The zero-order valence-corrected chi connectivity index (χ0v) is 10.0. The van der Waals surface area contributed by atoms with Crippen molar-refractivity contribution < 1.29 is 4.74 Å². The molecule has 2 unspecified atom stereocenters. The smallest absolute Gasteiger partial charge is 0.0705 e. The molecule has 0 amide bonds. The highest BCUT2D eigenvalue weighted by Gasteiger charge is 2.57. The Bertz CT molecular complexity index is 249. The fourth-order valence-electron chi connectivity index (χ4n) is 4.95. The third-order valence-electron chi connectivity index (χ3n) is 4.99. The molecule has 2 heteroatoms. The summed E-state index contributed by atoms with van der Waals surface area (Å²) < 4.78 is 6.13. The van der Waals surface area contributed by atoms with Gasteiger partial charge in [-0.15, -0.1) is 0 Å². The Labute approximate surface area is 92.8 Å². The molecule has 4 rings (SSSR count). The SMILES string of the molecule is CCOC12CC3CC(CC(NC)(C3)C1)C2. The Balaban J connectivity index is 1.88. The second-order valence-electron chi connectivity index (χ2n) is 6.11. The molecule has 0 aromatic carbocycles. The first-order chi connectivity index (χ1) is 7.19. The monoisotopic (exact) mass is 209 g/mol. The average Bonchev–Trinajstić information content (AvgIpc) is 2.15. The maximum absolute atomic E-state index is 6.13. The van der Waals surface area contributed by atoms with Crippen LogP contribution in [0.15, 0.2) is 0 Å². The lowest BCUT2D eigenvalue weighted by Gasteiger charge is -2.61. The Morgan fingerprint density at radius 2 is 1.87 bits per heavy atom. The van der Waals surface area contributed by atoms with E-state index in [1.54, 1.807) is 0 Å². The third kappa shape index (κ3) is 1.45. The van der Waals surface area contributed by atoms with Crippen molar-refractivity contribution in [3.63, 3.8) is 0 Å². The molecule has 0 aromatic heterocycles. The average molecular weight is 209 g/mol. The summed E-state index contributed by atoms with van der Waals surface area (Å²) in [5.74, 6) is 1.87. The van der Waals surface area contributed by atoms with Crippen LogP contribution in [-0.2, 0) is 4.74 Å². The zero-order chi connectivity index (χ0) is 10.5. The second kappa shape index (κ2) is 3.21. The molecule has 0 aliphatic heterocycles. The van der Waals surface area contributed by atoms with Gasteiger partial charge in [0.2, 0.25) is 0 Å². The molecule has 4 fully saturated rings. The first-order valence-electron chi connectivity index (χ1n) is 6.52. The summed E-state index contributed by atoms with van der Waals surface area (Å²) in [7, 11) is 2.15. The summed E-state index contributed by atoms with van der Waals surface area (Å²) in [6.45, 7) is 3.03. The minimum atomic E-state index is 0.252. The van der Waals surface area contributed by atoms with Gasteiger partial charge in [-0.2, -0.15) is 0 Å². The predicted molar refractivity (Wildman–Crippen MR) is 60.8 cm³/mol. The lowest BCUT2D eigenvalue weighted by Crippen LogP contribution is -2.64. The number of ether oxygens (including phenoxy) is 1. The van der Waals surface area contributed by atoms with E-state index in [4.69, 9.17) is 4.74 Å². The van der Waals surface area contributed by atoms with Crippen LogP contribution in [0, 0.1) is 11.8 Å². The van der Waals surface area contributed by atoms with Crippen LogP contribution in [0.1, 0.15) is 45.4 Å². The lowest BCUT2D eigenvalue weighted by atomic mass is 9.51. The van der Waals surface area contributed by atoms with Gasteiger partial charge in [-0.3, -0.25) is 0 Å². The largest absolute Gasteiger partial charge is 0.375 e. The van der Waals surface area contributed by atoms with E-state index in [9.17, 15) is 0 Å². The van der Waals surface area contributed by atoms with Gasteiger partial charge in [0.15, 0.2) is 0 Å². The molecule has 0 heterocycles. The molecule has 86 valence electrons. The van der Waals surface area contributed by atoms with Crippen LogP contribution in [0.2, 0.25) is 0 Å². The van der Waals surface area contributed by atoms with E-state index in [0.717, 1.165) is 18.4 Å². The second-order valence-corrected chi connectivity index (χ2v) is 6.11. The van der Waals surface area contributed by atoms with E-state index >= 15 is 0 Å². The maximum Gasteiger partial charge on any atom is 0.0705 e. The third-order valence-corrected chi connectivity index (χ3v) is 4.99. The molecule has 0 spiro atoms. The van der Waals surface area contributed by atoms with Crippen LogP contribution in [0.4, 0.5) is 0 Å². The fraction of sp³-hybridized carbons (Fsp3) is 1.00. The van der Waals surface area contributed by atoms with Crippen LogP contribution < -0.4 is 5.32 Å². The Morgan fingerprint density at radius 3 is 2.40 bits per heavy atom. The van der Waals surface area contributed by atoms with Crippen LogP contribution in [0.3, 0.4) is 0 Å². The molecule has 2 nitrogen and oxygen atoms in total. The van der Waals surface area contributed by atoms with Crippen molar-refractivity contribution in [3.8, 4) is 0 Å². The van der Waals surface area contributed by atoms with Gasteiger partial charge in [0, 0.05) is 12.1 Å². The van der Waals surface area contributed by atoms with E-state index in [-0.39, 0.29) is 5.60 Å². The van der Waals surface area contributed by atoms with E-state index in [1.807, 2.05) is 0 Å². The molecule has 4 bridgehead atoms. The molecule has 0 aromatic rings. The van der Waals surface area contributed by atoms with Crippen LogP contribution >= 0.6 is 0 Å². The van der Waals surface area contributed by atoms with E-state index in [2.05, 4.69) is 19.3 Å². The lowest BCUT2D eigenvalue weighted by molar-refractivity contribution is -0.171. The van der Waals surface area contributed by atoms with Gasteiger partial charge in [0.25, 0.3) is 0 Å². The Morgan fingerprint density at radius 1 is 1.20 bits per heavy atom.